The molecule has 56 valence electrons. The van der Waals surface area contributed by atoms with E-state index in [0.717, 1.165) is 26.3 Å². The summed E-state index contributed by atoms with van der Waals surface area (Å²) >= 11 is 8.23. The molecule has 0 saturated heterocycles. The van der Waals surface area contributed by atoms with Crippen molar-refractivity contribution in [3.05, 3.63) is 32.1 Å². The van der Waals surface area contributed by atoms with Gasteiger partial charge < -0.3 is 0 Å². The zero-order valence-electron chi connectivity index (χ0n) is 5.64. The summed E-state index contributed by atoms with van der Waals surface area (Å²) in [4.78, 5) is 4.27. The average molecular weight is 277 g/mol. The van der Waals surface area contributed by atoms with Gasteiger partial charge in [0.2, 0.25) is 0 Å². The second-order valence-electron chi connectivity index (χ2n) is 2.39. The fourth-order valence-electron chi connectivity index (χ4n) is 1.14. The Hall–Kier alpha value is -0.0900. The summed E-state index contributed by atoms with van der Waals surface area (Å²) in [5.41, 5.74) is 2.19. The van der Waals surface area contributed by atoms with Crippen molar-refractivity contribution in [2.75, 3.05) is 0 Å². The van der Waals surface area contributed by atoms with Crippen molar-refractivity contribution in [3.63, 3.8) is 0 Å². The second kappa shape index (κ2) is 2.75. The number of aromatic nitrogens is 1. The van der Waals surface area contributed by atoms with Gasteiger partial charge in [0, 0.05) is 18.2 Å². The normalized spacial score (nSPS) is 13.6. The third-order valence-electron chi connectivity index (χ3n) is 1.69. The monoisotopic (exact) mass is 277 g/mol. The van der Waals surface area contributed by atoms with Crippen LogP contribution >= 0.6 is 34.2 Å². The van der Waals surface area contributed by atoms with E-state index in [4.69, 9.17) is 11.6 Å². The highest BCUT2D eigenvalue weighted by atomic mass is 127. The van der Waals surface area contributed by atoms with Crippen LogP contribution in [0.5, 0.6) is 0 Å². The quantitative estimate of drug-likeness (QED) is 0.665. The molecule has 0 aromatic carbocycles. The van der Waals surface area contributed by atoms with Gasteiger partial charge in [0.05, 0.1) is 14.3 Å². The third kappa shape index (κ3) is 1.18. The summed E-state index contributed by atoms with van der Waals surface area (Å²) in [5.74, 6) is 0. The van der Waals surface area contributed by atoms with Gasteiger partial charge in [-0.1, -0.05) is 23.8 Å². The van der Waals surface area contributed by atoms with Crippen LogP contribution in [0.15, 0.2) is 12.3 Å². The van der Waals surface area contributed by atoms with Crippen molar-refractivity contribution in [3.8, 4) is 0 Å². The van der Waals surface area contributed by atoms with Gasteiger partial charge >= 0.3 is 0 Å². The number of rotatable bonds is 0. The van der Waals surface area contributed by atoms with E-state index in [9.17, 15) is 0 Å². The lowest BCUT2D eigenvalue weighted by molar-refractivity contribution is 1.12. The third-order valence-corrected chi connectivity index (χ3v) is 3.23. The molecule has 0 aliphatic heterocycles. The van der Waals surface area contributed by atoms with E-state index in [-0.39, 0.29) is 0 Å². The van der Waals surface area contributed by atoms with Gasteiger partial charge in [0.15, 0.2) is 0 Å². The van der Waals surface area contributed by atoms with Crippen LogP contribution < -0.4 is 0 Å². The Balaban J connectivity index is 2.70. The smallest absolute Gasteiger partial charge is 0.0645 e. The van der Waals surface area contributed by atoms with Crippen LogP contribution in [-0.4, -0.2) is 4.98 Å². The maximum Gasteiger partial charge on any atom is 0.0645 e. The van der Waals surface area contributed by atoms with Crippen LogP contribution in [-0.2, 0) is 6.42 Å². The first-order valence-corrected chi connectivity index (χ1v) is 4.74. The number of pyridine rings is 1. The fraction of sp³-hybridized carbons (Fsp3) is 0.125. The van der Waals surface area contributed by atoms with Crippen LogP contribution in [0.2, 0.25) is 5.02 Å². The fourth-order valence-corrected chi connectivity index (χ4v) is 1.79. The molecule has 0 N–H and O–H groups in total. The van der Waals surface area contributed by atoms with E-state index in [1.807, 2.05) is 12.3 Å². The van der Waals surface area contributed by atoms with Gasteiger partial charge in [-0.15, -0.1) is 0 Å². The summed E-state index contributed by atoms with van der Waals surface area (Å²) in [6, 6.07) is 0. The first kappa shape index (κ1) is 7.55. The number of nitrogens with zero attached hydrogens (tertiary/aromatic N) is 1. The Kier molecular flexibility index (Phi) is 1.89. The SMILES string of the molecule is Clc1c(I)cnc2c1C=CC2. The maximum absolute atomic E-state index is 6.04. The van der Waals surface area contributed by atoms with Crippen LogP contribution in [0.3, 0.4) is 0 Å². The molecule has 0 unspecified atom stereocenters. The molecule has 0 bridgehead atoms. The number of hydrogen-bond acceptors (Lipinski definition) is 1. The summed E-state index contributed by atoms with van der Waals surface area (Å²) < 4.78 is 1.02. The van der Waals surface area contributed by atoms with E-state index >= 15 is 0 Å². The van der Waals surface area contributed by atoms with E-state index in [2.05, 4.69) is 33.7 Å². The first-order chi connectivity index (χ1) is 5.29. The molecular weight excluding hydrogens is 272 g/mol. The molecule has 2 rings (SSSR count). The number of hydrogen-bond donors (Lipinski definition) is 0. The van der Waals surface area contributed by atoms with E-state index in [1.165, 1.54) is 0 Å². The summed E-state index contributed by atoms with van der Waals surface area (Å²) in [5, 5.41) is 0.837. The standard InChI is InChI=1S/C8H5ClIN/c9-8-5-2-1-3-7(5)11-4-6(8)10/h1-2,4H,3H2. The predicted octanol–water partition coefficient (Wildman–Crippen LogP) is 2.91. The van der Waals surface area contributed by atoms with Gasteiger partial charge in [0.25, 0.3) is 0 Å². The minimum absolute atomic E-state index is 0.837. The van der Waals surface area contributed by atoms with Crippen molar-refractivity contribution in [2.45, 2.75) is 6.42 Å². The highest BCUT2D eigenvalue weighted by Gasteiger charge is 2.11. The van der Waals surface area contributed by atoms with E-state index in [0.29, 0.717) is 0 Å². The van der Waals surface area contributed by atoms with Gasteiger partial charge in [-0.25, -0.2) is 0 Å². The molecule has 0 fully saturated rings. The van der Waals surface area contributed by atoms with Gasteiger partial charge in [0.1, 0.15) is 0 Å². The van der Waals surface area contributed by atoms with Crippen molar-refractivity contribution >= 4 is 40.3 Å². The lowest BCUT2D eigenvalue weighted by Gasteiger charge is -2.01. The molecule has 1 aromatic heterocycles. The largest absolute Gasteiger partial charge is 0.259 e. The van der Waals surface area contributed by atoms with Crippen LogP contribution in [0.4, 0.5) is 0 Å². The molecule has 1 nitrogen and oxygen atoms in total. The summed E-state index contributed by atoms with van der Waals surface area (Å²) in [6.07, 6.45) is 6.85. The number of halogens is 2. The lowest BCUT2D eigenvalue weighted by atomic mass is 10.2. The Labute approximate surface area is 83.6 Å². The molecular formula is C8H5ClIN. The van der Waals surface area contributed by atoms with E-state index < -0.39 is 0 Å². The Bertz CT molecular complexity index is 333. The predicted molar refractivity (Wildman–Crippen MR) is 54.7 cm³/mol. The number of fused-ring (bicyclic) bond motifs is 1. The summed E-state index contributed by atoms with van der Waals surface area (Å²) in [7, 11) is 0. The second-order valence-corrected chi connectivity index (χ2v) is 3.93. The molecule has 11 heavy (non-hydrogen) atoms. The first-order valence-electron chi connectivity index (χ1n) is 3.28. The zero-order chi connectivity index (χ0) is 7.84. The molecule has 1 aromatic rings. The Morgan fingerprint density at radius 2 is 2.36 bits per heavy atom. The van der Waals surface area contributed by atoms with Crippen LogP contribution in [0.25, 0.3) is 6.08 Å². The van der Waals surface area contributed by atoms with E-state index in [1.54, 1.807) is 0 Å². The van der Waals surface area contributed by atoms with Gasteiger partial charge in [-0.3, -0.25) is 4.98 Å². The molecule has 1 aliphatic rings. The Morgan fingerprint density at radius 1 is 1.55 bits per heavy atom. The molecule has 0 amide bonds. The van der Waals surface area contributed by atoms with Crippen molar-refractivity contribution < 1.29 is 0 Å². The molecule has 1 heterocycles. The highest BCUT2D eigenvalue weighted by Crippen LogP contribution is 2.28. The van der Waals surface area contributed by atoms with Crippen molar-refractivity contribution in [1.29, 1.82) is 0 Å². The molecule has 1 aliphatic carbocycles. The van der Waals surface area contributed by atoms with Gasteiger partial charge in [-0.05, 0) is 22.6 Å². The maximum atomic E-state index is 6.04. The van der Waals surface area contributed by atoms with Crippen LogP contribution in [0, 0.1) is 3.57 Å². The van der Waals surface area contributed by atoms with Crippen molar-refractivity contribution in [1.82, 2.24) is 4.98 Å². The highest BCUT2D eigenvalue weighted by molar-refractivity contribution is 14.1. The van der Waals surface area contributed by atoms with Crippen molar-refractivity contribution in [2.24, 2.45) is 0 Å². The zero-order valence-corrected chi connectivity index (χ0v) is 8.56. The molecule has 0 spiro atoms. The lowest BCUT2D eigenvalue weighted by Crippen LogP contribution is -1.90. The summed E-state index contributed by atoms with van der Waals surface area (Å²) in [6.45, 7) is 0. The Morgan fingerprint density at radius 3 is 3.18 bits per heavy atom. The van der Waals surface area contributed by atoms with Gasteiger partial charge in [-0.2, -0.15) is 0 Å². The molecule has 0 saturated carbocycles. The number of allylic oxidation sites excluding steroid dienone is 1. The average Bonchev–Trinajstić information content (AvgIpc) is 2.45. The minimum atomic E-state index is 0.837. The topological polar surface area (TPSA) is 12.9 Å². The van der Waals surface area contributed by atoms with Crippen LogP contribution in [0.1, 0.15) is 11.3 Å². The molecule has 3 heteroatoms. The molecule has 0 atom stereocenters. The molecule has 0 radical (unpaired) electrons. The minimum Gasteiger partial charge on any atom is -0.259 e.